The van der Waals surface area contributed by atoms with Crippen molar-refractivity contribution in [2.24, 2.45) is 0 Å². The van der Waals surface area contributed by atoms with Crippen LogP contribution in [0.2, 0.25) is 0 Å². The number of hydrogen-bond donors (Lipinski definition) is 2. The Morgan fingerprint density at radius 2 is 1.70 bits per heavy atom. The number of nitrogens with zero attached hydrogens (tertiary/aromatic N) is 2. The summed E-state index contributed by atoms with van der Waals surface area (Å²) < 4.78 is 13.3. The number of halogens is 1. The number of rotatable bonds is 6. The van der Waals surface area contributed by atoms with Crippen LogP contribution < -0.4 is 10.6 Å². The van der Waals surface area contributed by atoms with Gasteiger partial charge in [0.05, 0.1) is 6.42 Å². The Balaban J connectivity index is 1.22. The maximum atomic E-state index is 13.3. The summed E-state index contributed by atoms with van der Waals surface area (Å²) in [5, 5.41) is 6.76. The standard InChI is InChI=1S/C24H31FN4O/c25-21-2-1-3-23(17-21)27-22-8-12-29(13-9-22)24(30)16-19-4-6-20(7-5-19)18-28-14-10-26-11-15-28/h1-7,17,22,26-27H,8-16,18H2. The smallest absolute Gasteiger partial charge is 0.226 e. The van der Waals surface area contributed by atoms with E-state index >= 15 is 0 Å². The van der Waals surface area contributed by atoms with Crippen LogP contribution in [0.3, 0.4) is 0 Å². The molecule has 4 rings (SSSR count). The molecule has 2 aromatic rings. The van der Waals surface area contributed by atoms with Crippen molar-refractivity contribution in [1.29, 1.82) is 0 Å². The van der Waals surface area contributed by atoms with Gasteiger partial charge in [-0.3, -0.25) is 9.69 Å². The second-order valence-electron chi connectivity index (χ2n) is 8.33. The minimum Gasteiger partial charge on any atom is -0.382 e. The van der Waals surface area contributed by atoms with E-state index in [-0.39, 0.29) is 17.8 Å². The van der Waals surface area contributed by atoms with Crippen molar-refractivity contribution in [3.63, 3.8) is 0 Å². The summed E-state index contributed by atoms with van der Waals surface area (Å²) in [6, 6.07) is 15.3. The Bertz CT molecular complexity index is 827. The van der Waals surface area contributed by atoms with Gasteiger partial charge in [0.2, 0.25) is 5.91 Å². The van der Waals surface area contributed by atoms with Gasteiger partial charge in [0, 0.05) is 57.5 Å². The molecule has 2 aliphatic heterocycles. The zero-order valence-electron chi connectivity index (χ0n) is 17.4. The van der Waals surface area contributed by atoms with Crippen LogP contribution in [-0.2, 0) is 17.8 Å². The molecule has 0 aliphatic carbocycles. The Morgan fingerprint density at radius 3 is 2.40 bits per heavy atom. The van der Waals surface area contributed by atoms with Crippen LogP contribution in [0.5, 0.6) is 0 Å². The highest BCUT2D eigenvalue weighted by Gasteiger charge is 2.23. The average Bonchev–Trinajstić information content (AvgIpc) is 2.76. The van der Waals surface area contributed by atoms with Crippen LogP contribution in [0.1, 0.15) is 24.0 Å². The number of amides is 1. The fourth-order valence-corrected chi connectivity index (χ4v) is 4.26. The highest BCUT2D eigenvalue weighted by molar-refractivity contribution is 5.78. The zero-order chi connectivity index (χ0) is 20.8. The second kappa shape index (κ2) is 10.0. The molecule has 30 heavy (non-hydrogen) atoms. The Kier molecular flexibility index (Phi) is 6.97. The maximum absolute atomic E-state index is 13.3. The number of piperazine rings is 1. The van der Waals surface area contributed by atoms with Crippen molar-refractivity contribution in [2.45, 2.75) is 31.8 Å². The fraction of sp³-hybridized carbons (Fsp3) is 0.458. The summed E-state index contributed by atoms with van der Waals surface area (Å²) in [5.74, 6) is -0.0411. The number of piperidine rings is 1. The van der Waals surface area contributed by atoms with Gasteiger partial charge in [-0.2, -0.15) is 0 Å². The molecule has 0 bridgehead atoms. The number of carbonyl (C=O) groups is 1. The van der Waals surface area contributed by atoms with Gasteiger partial charge in [-0.15, -0.1) is 0 Å². The lowest BCUT2D eigenvalue weighted by Gasteiger charge is -2.33. The number of benzene rings is 2. The molecule has 6 heteroatoms. The van der Waals surface area contributed by atoms with Crippen molar-refractivity contribution in [3.05, 3.63) is 65.5 Å². The molecule has 2 saturated heterocycles. The molecule has 2 aromatic carbocycles. The number of likely N-dealkylation sites (tertiary alicyclic amines) is 1. The van der Waals surface area contributed by atoms with E-state index in [9.17, 15) is 9.18 Å². The topological polar surface area (TPSA) is 47.6 Å². The first-order valence-electron chi connectivity index (χ1n) is 11.0. The third-order valence-electron chi connectivity index (χ3n) is 6.04. The van der Waals surface area contributed by atoms with Crippen LogP contribution in [0.25, 0.3) is 0 Å². The van der Waals surface area contributed by atoms with E-state index in [4.69, 9.17) is 0 Å². The molecule has 0 saturated carbocycles. The van der Waals surface area contributed by atoms with E-state index in [0.717, 1.165) is 69.9 Å². The van der Waals surface area contributed by atoms with Crippen LogP contribution in [-0.4, -0.2) is 61.0 Å². The van der Waals surface area contributed by atoms with Gasteiger partial charge in [0.1, 0.15) is 5.82 Å². The van der Waals surface area contributed by atoms with Gasteiger partial charge in [-0.1, -0.05) is 30.3 Å². The molecule has 0 aromatic heterocycles. The van der Waals surface area contributed by atoms with Gasteiger partial charge in [0.25, 0.3) is 0 Å². The molecule has 0 spiro atoms. The van der Waals surface area contributed by atoms with Crippen LogP contribution in [0.15, 0.2) is 48.5 Å². The van der Waals surface area contributed by atoms with Gasteiger partial charge >= 0.3 is 0 Å². The van der Waals surface area contributed by atoms with Crippen molar-refractivity contribution in [3.8, 4) is 0 Å². The monoisotopic (exact) mass is 410 g/mol. The quantitative estimate of drug-likeness (QED) is 0.769. The van der Waals surface area contributed by atoms with Crippen LogP contribution >= 0.6 is 0 Å². The SMILES string of the molecule is O=C(Cc1ccc(CN2CCNCC2)cc1)N1CCC(Nc2cccc(F)c2)CC1. The first-order chi connectivity index (χ1) is 14.7. The predicted molar refractivity (Wildman–Crippen MR) is 118 cm³/mol. The molecule has 0 atom stereocenters. The highest BCUT2D eigenvalue weighted by atomic mass is 19.1. The molecule has 1 amide bonds. The number of carbonyl (C=O) groups excluding carboxylic acids is 1. The molecular formula is C24H31FN4O. The van der Waals surface area contributed by atoms with Gasteiger partial charge in [-0.25, -0.2) is 4.39 Å². The van der Waals surface area contributed by atoms with Crippen LogP contribution in [0, 0.1) is 5.82 Å². The van der Waals surface area contributed by atoms with E-state index in [1.165, 1.54) is 17.7 Å². The number of hydrogen-bond acceptors (Lipinski definition) is 4. The summed E-state index contributed by atoms with van der Waals surface area (Å²) >= 11 is 0. The highest BCUT2D eigenvalue weighted by Crippen LogP contribution is 2.18. The van der Waals surface area contributed by atoms with E-state index in [0.29, 0.717) is 6.42 Å². The first kappa shape index (κ1) is 20.8. The molecule has 0 radical (unpaired) electrons. The van der Waals surface area contributed by atoms with Crippen molar-refractivity contribution >= 4 is 11.6 Å². The third kappa shape index (κ3) is 5.80. The molecule has 160 valence electrons. The minimum atomic E-state index is -0.230. The Labute approximate surface area is 178 Å². The molecular weight excluding hydrogens is 379 g/mol. The van der Waals surface area contributed by atoms with Crippen molar-refractivity contribution < 1.29 is 9.18 Å². The van der Waals surface area contributed by atoms with E-state index < -0.39 is 0 Å². The summed E-state index contributed by atoms with van der Waals surface area (Å²) in [7, 11) is 0. The predicted octanol–water partition coefficient (Wildman–Crippen LogP) is 2.88. The zero-order valence-corrected chi connectivity index (χ0v) is 17.4. The average molecular weight is 411 g/mol. The van der Waals surface area contributed by atoms with Gasteiger partial charge < -0.3 is 15.5 Å². The lowest BCUT2D eigenvalue weighted by atomic mass is 10.0. The fourth-order valence-electron chi connectivity index (χ4n) is 4.26. The lowest BCUT2D eigenvalue weighted by molar-refractivity contribution is -0.131. The van der Waals surface area contributed by atoms with E-state index in [2.05, 4.69) is 39.8 Å². The summed E-state index contributed by atoms with van der Waals surface area (Å²) in [5.41, 5.74) is 3.18. The van der Waals surface area contributed by atoms with E-state index in [1.54, 1.807) is 6.07 Å². The molecule has 0 unspecified atom stereocenters. The first-order valence-corrected chi connectivity index (χ1v) is 11.0. The van der Waals surface area contributed by atoms with Gasteiger partial charge in [0.15, 0.2) is 0 Å². The molecule has 2 aliphatic rings. The lowest BCUT2D eigenvalue weighted by Crippen LogP contribution is -2.43. The third-order valence-corrected chi connectivity index (χ3v) is 6.04. The second-order valence-corrected chi connectivity index (χ2v) is 8.33. The van der Waals surface area contributed by atoms with Gasteiger partial charge in [-0.05, 0) is 42.2 Å². The number of anilines is 1. The molecule has 2 N–H and O–H groups in total. The van der Waals surface area contributed by atoms with Crippen LogP contribution in [0.4, 0.5) is 10.1 Å². The largest absolute Gasteiger partial charge is 0.382 e. The van der Waals surface area contributed by atoms with Crippen molar-refractivity contribution in [1.82, 2.24) is 15.1 Å². The van der Waals surface area contributed by atoms with E-state index in [1.807, 2.05) is 11.0 Å². The summed E-state index contributed by atoms with van der Waals surface area (Å²) in [6.07, 6.45) is 2.22. The Hall–Kier alpha value is -2.44. The summed E-state index contributed by atoms with van der Waals surface area (Å²) in [6.45, 7) is 6.75. The molecule has 5 nitrogen and oxygen atoms in total. The Morgan fingerprint density at radius 1 is 1.00 bits per heavy atom. The number of nitrogens with one attached hydrogen (secondary N) is 2. The normalized spacial score (nSPS) is 18.4. The molecule has 2 heterocycles. The summed E-state index contributed by atoms with van der Waals surface area (Å²) in [4.78, 5) is 17.1. The maximum Gasteiger partial charge on any atom is 0.226 e. The molecule has 2 fully saturated rings. The minimum absolute atomic E-state index is 0.189. The van der Waals surface area contributed by atoms with Crippen molar-refractivity contribution in [2.75, 3.05) is 44.6 Å².